The number of thiazole rings is 1. The van der Waals surface area contributed by atoms with Crippen LogP contribution in [0.5, 0.6) is 0 Å². The Hall–Kier alpha value is -2.59. The molecular weight excluding hydrogens is 432 g/mol. The van der Waals surface area contributed by atoms with E-state index in [1.807, 2.05) is 61.7 Å². The Balaban J connectivity index is 1.51. The molecular formula is C22H23N4O3S2-. The molecule has 0 bridgehead atoms. The van der Waals surface area contributed by atoms with Crippen LogP contribution in [0.3, 0.4) is 0 Å². The number of rotatable bonds is 8. The molecule has 2 aromatic heterocycles. The SMILES string of the molecule is Cc1nc([C@H](CC2=CCC(NS(=O)[O-])C=C2)Nc2ncc(-c3ccccc3C)o2)cs1. The van der Waals surface area contributed by atoms with E-state index in [1.54, 1.807) is 17.5 Å². The lowest BCUT2D eigenvalue weighted by Crippen LogP contribution is -2.29. The molecule has 1 aliphatic carbocycles. The van der Waals surface area contributed by atoms with Gasteiger partial charge in [0.2, 0.25) is 0 Å². The number of allylic oxidation sites excluding steroid dienone is 1. The van der Waals surface area contributed by atoms with Crippen LogP contribution >= 0.6 is 11.3 Å². The summed E-state index contributed by atoms with van der Waals surface area (Å²) in [6.07, 6.45) is 8.89. The first-order chi connectivity index (χ1) is 15.0. The summed E-state index contributed by atoms with van der Waals surface area (Å²) in [6, 6.07) is 8.13. The third kappa shape index (κ3) is 5.56. The Labute approximate surface area is 187 Å². The summed E-state index contributed by atoms with van der Waals surface area (Å²) < 4.78 is 30.2. The Morgan fingerprint density at radius 2 is 2.19 bits per heavy atom. The van der Waals surface area contributed by atoms with Crippen molar-refractivity contribution in [2.24, 2.45) is 0 Å². The average molecular weight is 456 g/mol. The molecule has 0 aliphatic heterocycles. The lowest BCUT2D eigenvalue weighted by atomic mass is 9.97. The van der Waals surface area contributed by atoms with Gasteiger partial charge in [0.15, 0.2) is 5.76 Å². The number of hydrogen-bond donors (Lipinski definition) is 2. The van der Waals surface area contributed by atoms with Crippen molar-refractivity contribution in [2.75, 3.05) is 5.32 Å². The van der Waals surface area contributed by atoms with Crippen molar-refractivity contribution in [1.82, 2.24) is 14.7 Å². The highest BCUT2D eigenvalue weighted by Gasteiger charge is 2.20. The quantitative estimate of drug-likeness (QED) is 0.481. The first-order valence-electron chi connectivity index (χ1n) is 9.91. The van der Waals surface area contributed by atoms with Crippen molar-refractivity contribution in [2.45, 2.75) is 38.8 Å². The second-order valence-corrected chi connectivity index (χ2v) is 9.14. The molecule has 4 rings (SSSR count). The Bertz CT molecular complexity index is 1140. The van der Waals surface area contributed by atoms with Crippen molar-refractivity contribution in [3.05, 3.63) is 75.9 Å². The van der Waals surface area contributed by atoms with E-state index in [0.717, 1.165) is 27.4 Å². The minimum atomic E-state index is -2.28. The normalized spacial score (nSPS) is 17.9. The summed E-state index contributed by atoms with van der Waals surface area (Å²) in [5, 5.41) is 6.42. The molecule has 1 aromatic carbocycles. The molecule has 2 N–H and O–H groups in total. The molecule has 7 nitrogen and oxygen atoms in total. The van der Waals surface area contributed by atoms with Crippen LogP contribution in [0.1, 0.15) is 35.1 Å². The molecule has 0 radical (unpaired) electrons. The number of aryl methyl sites for hydroxylation is 2. The summed E-state index contributed by atoms with van der Waals surface area (Å²) in [4.78, 5) is 9.07. The first-order valence-corrected chi connectivity index (χ1v) is 11.9. The van der Waals surface area contributed by atoms with Gasteiger partial charge in [-0.2, -0.15) is 0 Å². The third-order valence-corrected chi connectivity index (χ3v) is 6.36. The number of aromatic nitrogens is 2. The van der Waals surface area contributed by atoms with Crippen LogP contribution in [0.4, 0.5) is 6.01 Å². The first kappa shape index (κ1) is 21.6. The highest BCUT2D eigenvalue weighted by atomic mass is 32.2. The van der Waals surface area contributed by atoms with Gasteiger partial charge in [-0.15, -0.1) is 11.3 Å². The number of nitrogens with one attached hydrogen (secondary N) is 2. The maximum atomic E-state index is 10.8. The van der Waals surface area contributed by atoms with Gasteiger partial charge in [0.05, 0.1) is 22.9 Å². The highest BCUT2D eigenvalue weighted by Crippen LogP contribution is 2.31. The summed E-state index contributed by atoms with van der Waals surface area (Å²) >= 11 is -0.678. The fourth-order valence-corrected chi connectivity index (χ4v) is 4.58. The van der Waals surface area contributed by atoms with E-state index in [4.69, 9.17) is 4.42 Å². The molecule has 0 saturated carbocycles. The van der Waals surface area contributed by atoms with Crippen LogP contribution in [-0.4, -0.2) is 24.8 Å². The molecule has 3 aromatic rings. The zero-order valence-corrected chi connectivity index (χ0v) is 18.8. The van der Waals surface area contributed by atoms with Crippen LogP contribution in [-0.2, 0) is 11.3 Å². The maximum absolute atomic E-state index is 10.8. The molecule has 0 fully saturated rings. The fraction of sp³-hybridized carbons (Fsp3) is 0.273. The molecule has 0 saturated heterocycles. The van der Waals surface area contributed by atoms with Crippen molar-refractivity contribution >= 4 is 28.6 Å². The monoisotopic (exact) mass is 455 g/mol. The maximum Gasteiger partial charge on any atom is 0.295 e. The average Bonchev–Trinajstić information content (AvgIpc) is 3.38. The van der Waals surface area contributed by atoms with E-state index in [2.05, 4.69) is 20.0 Å². The lowest BCUT2D eigenvalue weighted by molar-refractivity contribution is 0.514. The zero-order chi connectivity index (χ0) is 21.8. The minimum absolute atomic E-state index is 0.123. The number of anilines is 1. The van der Waals surface area contributed by atoms with Gasteiger partial charge in [0, 0.05) is 28.3 Å². The van der Waals surface area contributed by atoms with Gasteiger partial charge in [-0.25, -0.2) is 14.7 Å². The van der Waals surface area contributed by atoms with E-state index in [-0.39, 0.29) is 12.1 Å². The van der Waals surface area contributed by atoms with E-state index < -0.39 is 11.3 Å². The second kappa shape index (κ2) is 9.69. The topological polar surface area (TPSA) is 103 Å². The molecule has 9 heteroatoms. The Morgan fingerprint density at radius 1 is 1.35 bits per heavy atom. The van der Waals surface area contributed by atoms with Gasteiger partial charge in [-0.1, -0.05) is 42.5 Å². The standard InChI is InChI=1S/C22H24N4O3S2/c1-14-5-3-4-6-18(14)21-12-23-22(29-21)25-19(20-13-30-15(2)24-20)11-16-7-9-17(10-8-16)26-31(27)28/h3-9,12-13,17,19,26H,10-11H2,1-2H3,(H,23,25)(H,27,28)/p-1/t17?,19-/m0/s1. The summed E-state index contributed by atoms with van der Waals surface area (Å²) in [5.41, 5.74) is 4.16. The minimum Gasteiger partial charge on any atom is -0.760 e. The zero-order valence-electron chi connectivity index (χ0n) is 17.2. The van der Waals surface area contributed by atoms with Gasteiger partial charge >= 0.3 is 0 Å². The third-order valence-electron chi connectivity index (χ3n) is 5.07. The summed E-state index contributed by atoms with van der Waals surface area (Å²) in [6.45, 7) is 4.02. The summed E-state index contributed by atoms with van der Waals surface area (Å²) in [5.74, 6) is 0.713. The smallest absolute Gasteiger partial charge is 0.295 e. The molecule has 0 spiro atoms. The predicted octanol–water partition coefficient (Wildman–Crippen LogP) is 4.60. The number of hydrogen-bond acceptors (Lipinski definition) is 7. The van der Waals surface area contributed by atoms with Crippen LogP contribution in [0.25, 0.3) is 11.3 Å². The van der Waals surface area contributed by atoms with Gasteiger partial charge in [0.1, 0.15) is 0 Å². The lowest BCUT2D eigenvalue weighted by Gasteiger charge is -2.21. The van der Waals surface area contributed by atoms with Crippen molar-refractivity contribution < 1.29 is 13.2 Å². The second-order valence-electron chi connectivity index (χ2n) is 7.37. The Kier molecular flexibility index (Phi) is 6.77. The number of oxazole rings is 1. The van der Waals surface area contributed by atoms with Gasteiger partial charge in [-0.3, -0.25) is 4.21 Å². The van der Waals surface area contributed by atoms with Crippen molar-refractivity contribution in [3.8, 4) is 11.3 Å². The molecule has 2 unspecified atom stereocenters. The van der Waals surface area contributed by atoms with Crippen molar-refractivity contribution in [1.29, 1.82) is 0 Å². The van der Waals surface area contributed by atoms with Gasteiger partial charge in [-0.05, 0) is 37.8 Å². The number of benzene rings is 1. The van der Waals surface area contributed by atoms with Crippen LogP contribution in [0.15, 0.2) is 64.1 Å². The number of nitrogens with zero attached hydrogens (tertiary/aromatic N) is 2. The molecule has 31 heavy (non-hydrogen) atoms. The highest BCUT2D eigenvalue weighted by molar-refractivity contribution is 7.77. The fourth-order valence-electron chi connectivity index (χ4n) is 3.50. The Morgan fingerprint density at radius 3 is 2.87 bits per heavy atom. The molecule has 3 atom stereocenters. The van der Waals surface area contributed by atoms with Gasteiger partial charge in [0.25, 0.3) is 6.01 Å². The molecule has 162 valence electrons. The largest absolute Gasteiger partial charge is 0.760 e. The van der Waals surface area contributed by atoms with E-state index in [1.165, 1.54) is 0 Å². The van der Waals surface area contributed by atoms with E-state index >= 15 is 0 Å². The van der Waals surface area contributed by atoms with Crippen molar-refractivity contribution in [3.63, 3.8) is 0 Å². The van der Waals surface area contributed by atoms with E-state index in [9.17, 15) is 8.76 Å². The van der Waals surface area contributed by atoms with E-state index in [0.29, 0.717) is 24.6 Å². The predicted molar refractivity (Wildman–Crippen MR) is 122 cm³/mol. The van der Waals surface area contributed by atoms with Gasteiger partial charge < -0.3 is 14.3 Å². The molecule has 1 aliphatic rings. The molecule has 0 amide bonds. The van der Waals surface area contributed by atoms with Crippen LogP contribution in [0.2, 0.25) is 0 Å². The van der Waals surface area contributed by atoms with Crippen LogP contribution in [0, 0.1) is 13.8 Å². The summed E-state index contributed by atoms with van der Waals surface area (Å²) in [7, 11) is 0. The molecule has 2 heterocycles. The van der Waals surface area contributed by atoms with Crippen LogP contribution < -0.4 is 10.0 Å².